The van der Waals surface area contributed by atoms with Crippen molar-refractivity contribution in [1.82, 2.24) is 5.32 Å². The number of anilines is 1. The van der Waals surface area contributed by atoms with E-state index >= 15 is 0 Å². The predicted molar refractivity (Wildman–Crippen MR) is 74.1 cm³/mol. The van der Waals surface area contributed by atoms with Crippen LogP contribution >= 0.6 is 0 Å². The quantitative estimate of drug-likeness (QED) is 0.701. The molecule has 0 saturated heterocycles. The highest BCUT2D eigenvalue weighted by atomic mass is 16.4. The summed E-state index contributed by atoms with van der Waals surface area (Å²) in [7, 11) is 0. The van der Waals surface area contributed by atoms with Crippen molar-refractivity contribution < 1.29 is 14.7 Å². The molecule has 1 amide bonds. The average molecular weight is 264 g/mol. The van der Waals surface area contributed by atoms with Crippen LogP contribution in [0.2, 0.25) is 0 Å². The van der Waals surface area contributed by atoms with Gasteiger partial charge in [-0.3, -0.25) is 14.9 Å². The molecule has 0 aromatic heterocycles. The van der Waals surface area contributed by atoms with Crippen LogP contribution in [0.3, 0.4) is 0 Å². The number of aryl methyl sites for hydroxylation is 1. The summed E-state index contributed by atoms with van der Waals surface area (Å²) in [5, 5.41) is 14.5. The van der Waals surface area contributed by atoms with Crippen molar-refractivity contribution in [2.45, 2.75) is 32.7 Å². The molecule has 0 bridgehead atoms. The molecule has 104 valence electrons. The number of rotatable bonds is 7. The molecular weight excluding hydrogens is 244 g/mol. The zero-order chi connectivity index (χ0) is 14.3. The summed E-state index contributed by atoms with van der Waals surface area (Å²) >= 11 is 0. The molecule has 0 fully saturated rings. The van der Waals surface area contributed by atoms with E-state index < -0.39 is 12.0 Å². The Hall–Kier alpha value is -1.88. The van der Waals surface area contributed by atoms with Crippen molar-refractivity contribution in [1.29, 1.82) is 0 Å². The van der Waals surface area contributed by atoms with Gasteiger partial charge in [-0.25, -0.2) is 0 Å². The lowest BCUT2D eigenvalue weighted by molar-refractivity contribution is -0.139. The van der Waals surface area contributed by atoms with Crippen LogP contribution in [0.1, 0.15) is 25.3 Å². The zero-order valence-electron chi connectivity index (χ0n) is 11.3. The van der Waals surface area contributed by atoms with Gasteiger partial charge < -0.3 is 10.4 Å². The summed E-state index contributed by atoms with van der Waals surface area (Å²) in [6.45, 7) is 3.80. The van der Waals surface area contributed by atoms with Crippen molar-refractivity contribution in [3.8, 4) is 0 Å². The van der Waals surface area contributed by atoms with E-state index in [-0.39, 0.29) is 12.5 Å². The molecule has 3 N–H and O–H groups in total. The second kappa shape index (κ2) is 7.53. The van der Waals surface area contributed by atoms with Crippen molar-refractivity contribution in [3.63, 3.8) is 0 Å². The number of para-hydroxylation sites is 1. The van der Waals surface area contributed by atoms with Crippen LogP contribution in [-0.2, 0) is 9.59 Å². The number of amides is 1. The molecule has 0 aliphatic rings. The van der Waals surface area contributed by atoms with E-state index in [4.69, 9.17) is 5.11 Å². The van der Waals surface area contributed by atoms with Gasteiger partial charge >= 0.3 is 5.97 Å². The second-order valence-electron chi connectivity index (χ2n) is 4.42. The number of hydrogen-bond donors (Lipinski definition) is 3. The first-order valence-electron chi connectivity index (χ1n) is 6.36. The lowest BCUT2D eigenvalue weighted by atomic mass is 10.1. The van der Waals surface area contributed by atoms with Crippen LogP contribution in [0, 0.1) is 6.92 Å². The van der Waals surface area contributed by atoms with Crippen molar-refractivity contribution in [2.75, 3.05) is 11.9 Å². The third-order valence-corrected chi connectivity index (χ3v) is 2.80. The van der Waals surface area contributed by atoms with E-state index in [0.29, 0.717) is 6.42 Å². The summed E-state index contributed by atoms with van der Waals surface area (Å²) in [5.74, 6) is -1.16. The Morgan fingerprint density at radius 2 is 2.00 bits per heavy atom. The van der Waals surface area contributed by atoms with Crippen molar-refractivity contribution in [2.24, 2.45) is 0 Å². The molecule has 19 heavy (non-hydrogen) atoms. The van der Waals surface area contributed by atoms with Gasteiger partial charge in [0.05, 0.1) is 6.54 Å². The molecule has 0 saturated carbocycles. The van der Waals surface area contributed by atoms with Crippen LogP contribution in [0.15, 0.2) is 24.3 Å². The zero-order valence-corrected chi connectivity index (χ0v) is 11.3. The third-order valence-electron chi connectivity index (χ3n) is 2.80. The highest BCUT2D eigenvalue weighted by Crippen LogP contribution is 2.12. The Morgan fingerprint density at radius 1 is 1.32 bits per heavy atom. The number of carboxylic acid groups (broad SMARTS) is 1. The molecule has 0 aliphatic carbocycles. The van der Waals surface area contributed by atoms with Gasteiger partial charge in [-0.1, -0.05) is 31.5 Å². The molecule has 0 radical (unpaired) electrons. The minimum Gasteiger partial charge on any atom is -0.480 e. The average Bonchev–Trinajstić information content (AvgIpc) is 2.37. The monoisotopic (exact) mass is 264 g/mol. The lowest BCUT2D eigenvalue weighted by Crippen LogP contribution is -2.41. The fourth-order valence-electron chi connectivity index (χ4n) is 1.72. The Kier molecular flexibility index (Phi) is 6.02. The van der Waals surface area contributed by atoms with Gasteiger partial charge in [-0.05, 0) is 25.0 Å². The molecule has 1 rings (SSSR count). The minimum atomic E-state index is -0.925. The summed E-state index contributed by atoms with van der Waals surface area (Å²) in [6.07, 6.45) is 1.26. The first-order valence-corrected chi connectivity index (χ1v) is 6.36. The van der Waals surface area contributed by atoms with Gasteiger partial charge in [0.15, 0.2) is 0 Å². The predicted octanol–water partition coefficient (Wildman–Crippen LogP) is 1.78. The van der Waals surface area contributed by atoms with Crippen molar-refractivity contribution >= 4 is 17.6 Å². The molecule has 0 spiro atoms. The molecule has 5 heteroatoms. The molecule has 0 aliphatic heterocycles. The maximum absolute atomic E-state index is 11.7. The second-order valence-corrected chi connectivity index (χ2v) is 4.42. The largest absolute Gasteiger partial charge is 0.480 e. The summed E-state index contributed by atoms with van der Waals surface area (Å²) in [5.41, 5.74) is 1.72. The van der Waals surface area contributed by atoms with E-state index in [1.165, 1.54) is 0 Å². The van der Waals surface area contributed by atoms with E-state index in [2.05, 4.69) is 10.6 Å². The number of carbonyl (C=O) groups excluding carboxylic acids is 1. The van der Waals surface area contributed by atoms with Gasteiger partial charge in [-0.15, -0.1) is 0 Å². The summed E-state index contributed by atoms with van der Waals surface area (Å²) < 4.78 is 0. The van der Waals surface area contributed by atoms with E-state index in [0.717, 1.165) is 17.7 Å². The molecule has 1 unspecified atom stereocenters. The first-order chi connectivity index (χ1) is 9.04. The Morgan fingerprint density at radius 3 is 2.58 bits per heavy atom. The topological polar surface area (TPSA) is 78.4 Å². The maximum atomic E-state index is 11.7. The van der Waals surface area contributed by atoms with E-state index in [1.807, 2.05) is 38.1 Å². The number of carbonyl (C=O) groups is 2. The molecule has 5 nitrogen and oxygen atoms in total. The van der Waals surface area contributed by atoms with Crippen LogP contribution < -0.4 is 10.6 Å². The smallest absolute Gasteiger partial charge is 0.320 e. The van der Waals surface area contributed by atoms with Gasteiger partial charge in [0.2, 0.25) is 5.91 Å². The molecule has 1 atom stereocenters. The van der Waals surface area contributed by atoms with Crippen LogP contribution in [0.25, 0.3) is 0 Å². The van der Waals surface area contributed by atoms with Crippen molar-refractivity contribution in [3.05, 3.63) is 29.8 Å². The lowest BCUT2D eigenvalue weighted by Gasteiger charge is -2.13. The fourth-order valence-corrected chi connectivity index (χ4v) is 1.72. The van der Waals surface area contributed by atoms with Crippen LogP contribution in [0.4, 0.5) is 5.69 Å². The van der Waals surface area contributed by atoms with Gasteiger partial charge in [0, 0.05) is 5.69 Å². The summed E-state index contributed by atoms with van der Waals surface area (Å²) in [4.78, 5) is 22.6. The standard InChI is InChI=1S/C14H20N2O3/c1-3-6-12(14(18)19)15-9-13(17)16-11-8-5-4-7-10(11)2/h4-5,7-8,12,15H,3,6,9H2,1-2H3,(H,16,17)(H,18,19). The number of benzene rings is 1. The highest BCUT2D eigenvalue weighted by molar-refractivity contribution is 5.93. The highest BCUT2D eigenvalue weighted by Gasteiger charge is 2.16. The normalized spacial score (nSPS) is 11.9. The Balaban J connectivity index is 2.47. The van der Waals surface area contributed by atoms with Gasteiger partial charge in [0.1, 0.15) is 6.04 Å². The molecular formula is C14H20N2O3. The Labute approximate surface area is 113 Å². The van der Waals surface area contributed by atoms with Crippen LogP contribution in [-0.4, -0.2) is 29.6 Å². The number of hydrogen-bond acceptors (Lipinski definition) is 3. The number of carboxylic acids is 1. The fraction of sp³-hybridized carbons (Fsp3) is 0.429. The molecule has 1 aromatic rings. The van der Waals surface area contributed by atoms with Crippen LogP contribution in [0.5, 0.6) is 0 Å². The SMILES string of the molecule is CCCC(NCC(=O)Nc1ccccc1C)C(=O)O. The van der Waals surface area contributed by atoms with E-state index in [1.54, 1.807) is 0 Å². The number of aliphatic carboxylic acids is 1. The molecule has 0 heterocycles. The van der Waals surface area contributed by atoms with Gasteiger partial charge in [-0.2, -0.15) is 0 Å². The number of nitrogens with one attached hydrogen (secondary N) is 2. The maximum Gasteiger partial charge on any atom is 0.320 e. The Bertz CT molecular complexity index is 446. The summed E-state index contributed by atoms with van der Waals surface area (Å²) in [6, 6.07) is 6.78. The molecule has 1 aromatic carbocycles. The van der Waals surface area contributed by atoms with E-state index in [9.17, 15) is 9.59 Å². The third kappa shape index (κ3) is 5.09. The first kappa shape index (κ1) is 15.2. The minimum absolute atomic E-state index is 0.00863. The van der Waals surface area contributed by atoms with Gasteiger partial charge in [0.25, 0.3) is 0 Å².